The summed E-state index contributed by atoms with van der Waals surface area (Å²) in [7, 11) is 0. The first-order chi connectivity index (χ1) is 11.0. The summed E-state index contributed by atoms with van der Waals surface area (Å²) in [6.45, 7) is 6.91. The minimum atomic E-state index is -0.397. The molecule has 1 fully saturated rings. The third-order valence-electron chi connectivity index (χ3n) is 4.19. The average molecular weight is 389 g/mol. The van der Waals surface area contributed by atoms with Crippen molar-refractivity contribution in [2.75, 3.05) is 31.1 Å². The number of hydrogen-bond donors (Lipinski definition) is 1. The number of hydrogen-bond acceptors (Lipinski definition) is 5. The number of anilines is 1. The quantitative estimate of drug-likeness (QED) is 0.870. The van der Waals surface area contributed by atoms with Crippen molar-refractivity contribution >= 4 is 47.8 Å². The first-order valence-corrected chi connectivity index (χ1v) is 8.19. The van der Waals surface area contributed by atoms with Crippen LogP contribution in [0.4, 0.5) is 6.01 Å². The number of carbonyl (C=O) groups excluding carboxylic acids is 1. The van der Waals surface area contributed by atoms with Crippen LogP contribution in [-0.4, -0.2) is 48.0 Å². The van der Waals surface area contributed by atoms with Gasteiger partial charge >= 0.3 is 0 Å². The zero-order chi connectivity index (χ0) is 16.4. The maximum atomic E-state index is 12.4. The number of nitrogens with two attached hydrogens (primary N) is 1. The Labute approximate surface area is 160 Å². The van der Waals surface area contributed by atoms with Crippen molar-refractivity contribution in [1.29, 1.82) is 0 Å². The minimum absolute atomic E-state index is 0. The molecule has 1 aliphatic rings. The molecule has 1 saturated heterocycles. The molecule has 1 aliphatic heterocycles. The summed E-state index contributed by atoms with van der Waals surface area (Å²) in [5, 5.41) is 0. The van der Waals surface area contributed by atoms with Crippen LogP contribution in [-0.2, 0) is 4.79 Å². The van der Waals surface area contributed by atoms with E-state index in [4.69, 9.17) is 10.2 Å². The Balaban J connectivity index is 0.00000156. The second kappa shape index (κ2) is 9.27. The lowest BCUT2D eigenvalue weighted by molar-refractivity contribution is -0.133. The lowest BCUT2D eigenvalue weighted by Gasteiger charge is -2.35. The van der Waals surface area contributed by atoms with Gasteiger partial charge in [-0.2, -0.15) is 4.98 Å². The number of rotatable bonds is 4. The number of aromatic nitrogens is 1. The van der Waals surface area contributed by atoms with Crippen molar-refractivity contribution in [2.45, 2.75) is 26.3 Å². The van der Waals surface area contributed by atoms with Crippen molar-refractivity contribution in [3.8, 4) is 0 Å². The Hall–Kier alpha value is -1.50. The Morgan fingerprint density at radius 1 is 1.20 bits per heavy atom. The zero-order valence-corrected chi connectivity index (χ0v) is 16.2. The van der Waals surface area contributed by atoms with Gasteiger partial charge in [0.1, 0.15) is 5.52 Å². The van der Waals surface area contributed by atoms with Crippen LogP contribution in [0.2, 0.25) is 0 Å². The van der Waals surface area contributed by atoms with Crippen LogP contribution in [0.15, 0.2) is 28.7 Å². The number of oxazole rings is 1. The summed E-state index contributed by atoms with van der Waals surface area (Å²) >= 11 is 0. The molecular weight excluding hydrogens is 363 g/mol. The second-order valence-electron chi connectivity index (χ2n) is 6.51. The highest BCUT2D eigenvalue weighted by Gasteiger charge is 2.27. The molecule has 0 spiro atoms. The van der Waals surface area contributed by atoms with E-state index in [-0.39, 0.29) is 30.7 Å². The molecule has 0 bridgehead atoms. The molecule has 8 heteroatoms. The molecule has 2 heterocycles. The van der Waals surface area contributed by atoms with Gasteiger partial charge in [-0.05, 0) is 24.5 Å². The zero-order valence-electron chi connectivity index (χ0n) is 14.6. The highest BCUT2D eigenvalue weighted by molar-refractivity contribution is 5.85. The van der Waals surface area contributed by atoms with Gasteiger partial charge in [0.15, 0.2) is 5.58 Å². The number of halogens is 2. The monoisotopic (exact) mass is 388 g/mol. The number of amides is 1. The summed E-state index contributed by atoms with van der Waals surface area (Å²) in [5.41, 5.74) is 7.66. The molecule has 1 aromatic heterocycles. The second-order valence-corrected chi connectivity index (χ2v) is 6.51. The molecule has 0 saturated carbocycles. The lowest BCUT2D eigenvalue weighted by Crippen LogP contribution is -2.53. The number of piperazine rings is 1. The van der Waals surface area contributed by atoms with E-state index in [0.717, 1.165) is 17.5 Å². The maximum Gasteiger partial charge on any atom is 0.298 e. The van der Waals surface area contributed by atoms with Gasteiger partial charge in [-0.3, -0.25) is 4.79 Å². The predicted molar refractivity (Wildman–Crippen MR) is 105 cm³/mol. The van der Waals surface area contributed by atoms with Crippen LogP contribution in [0.3, 0.4) is 0 Å². The molecule has 0 unspecified atom stereocenters. The highest BCUT2D eigenvalue weighted by Crippen LogP contribution is 2.22. The molecular formula is C17H26Cl2N4O2. The minimum Gasteiger partial charge on any atom is -0.423 e. The fourth-order valence-corrected chi connectivity index (χ4v) is 2.96. The Kier molecular flexibility index (Phi) is 7.99. The van der Waals surface area contributed by atoms with Crippen LogP contribution in [0.5, 0.6) is 0 Å². The van der Waals surface area contributed by atoms with Gasteiger partial charge in [-0.15, -0.1) is 24.8 Å². The molecule has 0 radical (unpaired) electrons. The summed E-state index contributed by atoms with van der Waals surface area (Å²) < 4.78 is 5.79. The van der Waals surface area contributed by atoms with E-state index in [9.17, 15) is 4.79 Å². The van der Waals surface area contributed by atoms with Gasteiger partial charge < -0.3 is 20.0 Å². The van der Waals surface area contributed by atoms with Crippen molar-refractivity contribution in [3.63, 3.8) is 0 Å². The standard InChI is InChI=1S/C17H24N4O2.2ClH/c1-12(2)11-13(18)16(22)20-7-9-21(10-8-20)17-19-14-5-3-4-6-15(14)23-17;;/h3-6,12-13H,7-11,18H2,1-2H3;2*1H/t13-;;/m0../s1. The van der Waals surface area contributed by atoms with Gasteiger partial charge in [-0.25, -0.2) is 0 Å². The smallest absolute Gasteiger partial charge is 0.298 e. The molecule has 0 aliphatic carbocycles. The van der Waals surface area contributed by atoms with Crippen molar-refractivity contribution < 1.29 is 9.21 Å². The Bertz CT molecular complexity index is 651. The van der Waals surface area contributed by atoms with E-state index >= 15 is 0 Å². The van der Waals surface area contributed by atoms with E-state index in [1.807, 2.05) is 29.2 Å². The third-order valence-corrected chi connectivity index (χ3v) is 4.19. The van der Waals surface area contributed by atoms with Crippen LogP contribution in [0.1, 0.15) is 20.3 Å². The molecule has 2 aromatic rings. The molecule has 2 N–H and O–H groups in total. The summed E-state index contributed by atoms with van der Waals surface area (Å²) in [4.78, 5) is 20.8. The molecule has 3 rings (SSSR count). The fraction of sp³-hybridized carbons (Fsp3) is 0.529. The van der Waals surface area contributed by atoms with Crippen LogP contribution in [0, 0.1) is 5.92 Å². The van der Waals surface area contributed by atoms with Crippen LogP contribution < -0.4 is 10.6 Å². The van der Waals surface area contributed by atoms with E-state index in [2.05, 4.69) is 23.7 Å². The normalized spacial score (nSPS) is 15.7. The van der Waals surface area contributed by atoms with E-state index in [0.29, 0.717) is 38.1 Å². The van der Waals surface area contributed by atoms with Gasteiger partial charge in [0, 0.05) is 26.2 Å². The summed E-state index contributed by atoms with van der Waals surface area (Å²) in [6, 6.07) is 7.96. The number of fused-ring (bicyclic) bond motifs is 1. The van der Waals surface area contributed by atoms with Gasteiger partial charge in [0.05, 0.1) is 6.04 Å². The van der Waals surface area contributed by atoms with Crippen LogP contribution in [0.25, 0.3) is 11.1 Å². The molecule has 1 amide bonds. The lowest BCUT2D eigenvalue weighted by atomic mass is 10.0. The van der Waals surface area contributed by atoms with Gasteiger partial charge in [-0.1, -0.05) is 26.0 Å². The largest absolute Gasteiger partial charge is 0.423 e. The van der Waals surface area contributed by atoms with E-state index < -0.39 is 6.04 Å². The molecule has 1 aromatic carbocycles. The molecule has 6 nitrogen and oxygen atoms in total. The highest BCUT2D eigenvalue weighted by atomic mass is 35.5. The first-order valence-electron chi connectivity index (χ1n) is 8.19. The molecule has 140 valence electrons. The van der Waals surface area contributed by atoms with Crippen molar-refractivity contribution in [1.82, 2.24) is 9.88 Å². The van der Waals surface area contributed by atoms with Crippen LogP contribution >= 0.6 is 24.8 Å². The summed E-state index contributed by atoms with van der Waals surface area (Å²) in [5.74, 6) is 0.478. The van der Waals surface area contributed by atoms with Crippen molar-refractivity contribution in [3.05, 3.63) is 24.3 Å². The van der Waals surface area contributed by atoms with E-state index in [1.54, 1.807) is 0 Å². The number of nitrogens with zero attached hydrogens (tertiary/aromatic N) is 3. The Morgan fingerprint density at radius 3 is 2.44 bits per heavy atom. The summed E-state index contributed by atoms with van der Waals surface area (Å²) in [6.07, 6.45) is 0.726. The molecule has 1 atom stereocenters. The topological polar surface area (TPSA) is 75.6 Å². The number of para-hydroxylation sites is 2. The number of carbonyl (C=O) groups is 1. The average Bonchev–Trinajstić information content (AvgIpc) is 2.97. The van der Waals surface area contributed by atoms with Gasteiger partial charge in [0.2, 0.25) is 5.91 Å². The SMILES string of the molecule is CC(C)C[C@H](N)C(=O)N1CCN(c2nc3ccccc3o2)CC1.Cl.Cl. The fourth-order valence-electron chi connectivity index (χ4n) is 2.96. The Morgan fingerprint density at radius 2 is 1.84 bits per heavy atom. The maximum absolute atomic E-state index is 12.4. The van der Waals surface area contributed by atoms with Crippen molar-refractivity contribution in [2.24, 2.45) is 11.7 Å². The first kappa shape index (κ1) is 21.5. The van der Waals surface area contributed by atoms with E-state index in [1.165, 1.54) is 0 Å². The molecule has 25 heavy (non-hydrogen) atoms. The predicted octanol–water partition coefficient (Wildman–Crippen LogP) is 2.69. The van der Waals surface area contributed by atoms with Gasteiger partial charge in [0.25, 0.3) is 6.01 Å². The number of benzene rings is 1. The third kappa shape index (κ3) is 5.00.